The minimum Gasteiger partial charge on any atom is -0.457 e. The maximum absolute atomic E-state index is 14.3. The lowest BCUT2D eigenvalue weighted by Crippen LogP contribution is -2.49. The SMILES string of the molecule is CC(=O)OC(/C=C/[C@H]1C[C@H](C/C=C\C=C\CO[Si](C)(C)C(C)(C)C)OC(C)(C)O1)C(CCC[C@@H](C)O[Si](C(C)C)(C(C)C)C(C)C)S(=O)(=O)c1ccccc1. The van der Waals surface area contributed by atoms with E-state index in [0.29, 0.717) is 55.3 Å². The topological polar surface area (TPSA) is 97.4 Å². The highest BCUT2D eigenvalue weighted by Gasteiger charge is 2.46. The van der Waals surface area contributed by atoms with Crippen molar-refractivity contribution in [1.82, 2.24) is 0 Å². The zero-order valence-corrected chi connectivity index (χ0v) is 39.7. The van der Waals surface area contributed by atoms with Crippen molar-refractivity contribution in [2.75, 3.05) is 6.61 Å². The second-order valence-corrected chi connectivity index (χ2v) is 30.6. The predicted molar refractivity (Wildman–Crippen MR) is 232 cm³/mol. The summed E-state index contributed by atoms with van der Waals surface area (Å²) in [7, 11) is -7.80. The number of ether oxygens (including phenoxy) is 3. The minimum absolute atomic E-state index is 0.0309. The number of carbonyl (C=O) groups is 1. The van der Waals surface area contributed by atoms with Crippen molar-refractivity contribution < 1.29 is 36.3 Å². The summed E-state index contributed by atoms with van der Waals surface area (Å²) >= 11 is 0. The Bertz CT molecular complexity index is 1490. The van der Waals surface area contributed by atoms with E-state index >= 15 is 0 Å². The van der Waals surface area contributed by atoms with Crippen molar-refractivity contribution in [2.45, 2.75) is 197 Å². The fourth-order valence-electron chi connectivity index (χ4n) is 7.69. The molecule has 55 heavy (non-hydrogen) atoms. The largest absolute Gasteiger partial charge is 0.457 e. The summed E-state index contributed by atoms with van der Waals surface area (Å²) in [5.41, 5.74) is 1.34. The summed E-state index contributed by atoms with van der Waals surface area (Å²) in [6.07, 6.45) is 13.0. The number of benzene rings is 1. The van der Waals surface area contributed by atoms with Gasteiger partial charge in [-0.05, 0) is 99.4 Å². The molecule has 1 aliphatic heterocycles. The number of allylic oxidation sites excluding steroid dienone is 2. The van der Waals surface area contributed by atoms with Gasteiger partial charge in [-0.3, -0.25) is 4.79 Å². The van der Waals surface area contributed by atoms with Gasteiger partial charge in [0.25, 0.3) is 0 Å². The van der Waals surface area contributed by atoms with Crippen molar-refractivity contribution in [3.05, 3.63) is 66.8 Å². The fraction of sp³-hybridized carbons (Fsp3) is 0.705. The predicted octanol–water partition coefficient (Wildman–Crippen LogP) is 11.5. The lowest BCUT2D eigenvalue weighted by Gasteiger charge is -2.44. The van der Waals surface area contributed by atoms with Crippen LogP contribution in [-0.2, 0) is 37.7 Å². The van der Waals surface area contributed by atoms with Crippen LogP contribution in [0.5, 0.6) is 0 Å². The highest BCUT2D eigenvalue weighted by atomic mass is 32.2. The summed E-state index contributed by atoms with van der Waals surface area (Å²) in [5, 5.41) is -0.829. The number of rotatable bonds is 21. The van der Waals surface area contributed by atoms with Crippen LogP contribution < -0.4 is 0 Å². The van der Waals surface area contributed by atoms with E-state index in [9.17, 15) is 13.2 Å². The molecular weight excluding hydrogens is 745 g/mol. The first kappa shape index (κ1) is 49.3. The summed E-state index contributed by atoms with van der Waals surface area (Å²) < 4.78 is 60.2. The molecule has 1 saturated heterocycles. The maximum Gasteiger partial charge on any atom is 0.303 e. The molecule has 1 aromatic carbocycles. The van der Waals surface area contributed by atoms with Crippen molar-refractivity contribution in [1.29, 1.82) is 0 Å². The first-order valence-electron chi connectivity index (χ1n) is 20.5. The van der Waals surface area contributed by atoms with Crippen LogP contribution in [0.15, 0.2) is 71.7 Å². The van der Waals surface area contributed by atoms with E-state index in [1.54, 1.807) is 36.4 Å². The van der Waals surface area contributed by atoms with Crippen LogP contribution in [0.25, 0.3) is 0 Å². The highest BCUT2D eigenvalue weighted by Crippen LogP contribution is 2.43. The molecule has 0 aliphatic carbocycles. The zero-order valence-electron chi connectivity index (χ0n) is 36.9. The molecule has 1 aromatic rings. The Morgan fingerprint density at radius 1 is 0.927 bits per heavy atom. The second-order valence-electron chi connectivity index (χ2n) is 18.2. The van der Waals surface area contributed by atoms with Gasteiger partial charge < -0.3 is 23.1 Å². The molecule has 0 N–H and O–H groups in total. The van der Waals surface area contributed by atoms with Gasteiger partial charge in [-0.1, -0.05) is 111 Å². The van der Waals surface area contributed by atoms with Gasteiger partial charge in [0.15, 0.2) is 23.9 Å². The van der Waals surface area contributed by atoms with Gasteiger partial charge in [-0.2, -0.15) is 0 Å². The van der Waals surface area contributed by atoms with E-state index in [0.717, 1.165) is 0 Å². The second kappa shape index (κ2) is 21.2. The van der Waals surface area contributed by atoms with E-state index in [1.165, 1.54) is 6.92 Å². The summed E-state index contributed by atoms with van der Waals surface area (Å²) in [6, 6.07) is 8.44. The molecule has 1 heterocycles. The van der Waals surface area contributed by atoms with Gasteiger partial charge in [-0.25, -0.2) is 8.42 Å². The summed E-state index contributed by atoms with van der Waals surface area (Å²) in [5.74, 6) is -1.40. The van der Waals surface area contributed by atoms with Gasteiger partial charge >= 0.3 is 5.97 Å². The molecule has 11 heteroatoms. The van der Waals surface area contributed by atoms with Crippen molar-refractivity contribution in [3.63, 3.8) is 0 Å². The molecular formula is C44H76O8SSi2. The van der Waals surface area contributed by atoms with E-state index in [1.807, 2.05) is 38.2 Å². The van der Waals surface area contributed by atoms with E-state index in [2.05, 4.69) is 88.4 Å². The molecule has 0 saturated carbocycles. The first-order chi connectivity index (χ1) is 25.4. The Hall–Kier alpha value is -1.87. The lowest BCUT2D eigenvalue weighted by molar-refractivity contribution is -0.289. The van der Waals surface area contributed by atoms with Crippen molar-refractivity contribution in [2.24, 2.45) is 0 Å². The maximum atomic E-state index is 14.3. The molecule has 0 bridgehead atoms. The average molecular weight is 821 g/mol. The Morgan fingerprint density at radius 3 is 2.05 bits per heavy atom. The van der Waals surface area contributed by atoms with Gasteiger partial charge in [-0.15, -0.1) is 0 Å². The standard InChI is InChI=1S/C44H76O8SSi2/c1-33(2)55(34(3)4,35(5)6)52-36(7)24-23-28-42(53(46,47)40-26-20-18-21-27-40)41(49-37(8)45)30-29-39-32-38(50-44(12,13)51-39)25-19-16-17-22-31-48-54(14,15)43(9,10)11/h16-22,26-27,29-30,33-36,38-39,41-42H,23-25,28,31-32H2,1-15H3/b19-16-,22-17+,30-29+/t36-,38+,39+,41?,42?/m1/s1. The highest BCUT2D eigenvalue weighted by molar-refractivity contribution is 7.92. The molecule has 1 aliphatic rings. The summed E-state index contributed by atoms with van der Waals surface area (Å²) in [4.78, 5) is 12.7. The zero-order chi connectivity index (χ0) is 41.8. The van der Waals surface area contributed by atoms with Crippen LogP contribution in [0.4, 0.5) is 0 Å². The smallest absolute Gasteiger partial charge is 0.303 e. The van der Waals surface area contributed by atoms with Gasteiger partial charge in [0.2, 0.25) is 8.32 Å². The third-order valence-corrected chi connectivity index (χ3v) is 24.3. The van der Waals surface area contributed by atoms with Gasteiger partial charge in [0.05, 0.1) is 23.7 Å². The molecule has 0 aromatic heterocycles. The normalized spacial score (nSPS) is 20.6. The Morgan fingerprint density at radius 2 is 1.51 bits per heavy atom. The monoisotopic (exact) mass is 820 g/mol. The molecule has 8 nitrogen and oxygen atoms in total. The van der Waals surface area contributed by atoms with Crippen LogP contribution in [0.3, 0.4) is 0 Å². The third kappa shape index (κ3) is 14.8. The molecule has 1 fully saturated rings. The van der Waals surface area contributed by atoms with Crippen LogP contribution in [0.2, 0.25) is 34.8 Å². The van der Waals surface area contributed by atoms with Crippen molar-refractivity contribution >= 4 is 32.4 Å². The molecule has 0 radical (unpaired) electrons. The third-order valence-electron chi connectivity index (χ3n) is 11.4. The van der Waals surface area contributed by atoms with E-state index < -0.39 is 49.6 Å². The molecule has 2 rings (SSSR count). The molecule has 314 valence electrons. The minimum atomic E-state index is -3.89. The molecule has 2 unspecified atom stereocenters. The molecule has 0 spiro atoms. The number of sulfone groups is 1. The summed E-state index contributed by atoms with van der Waals surface area (Å²) in [6.45, 7) is 32.6. The number of esters is 1. The van der Waals surface area contributed by atoms with Crippen molar-refractivity contribution in [3.8, 4) is 0 Å². The number of hydrogen-bond donors (Lipinski definition) is 0. The van der Waals surface area contributed by atoms with E-state index in [-0.39, 0.29) is 28.2 Å². The first-order valence-corrected chi connectivity index (χ1v) is 27.1. The molecule has 0 amide bonds. The number of carbonyl (C=O) groups excluding carboxylic acids is 1. The van der Waals surface area contributed by atoms with Gasteiger partial charge in [0.1, 0.15) is 11.4 Å². The Kier molecular flexibility index (Phi) is 19.0. The molecule has 5 atom stereocenters. The fourth-order valence-corrected chi connectivity index (χ4v) is 16.1. The quantitative estimate of drug-likeness (QED) is 0.0523. The Balaban J connectivity index is 2.28. The van der Waals surface area contributed by atoms with Crippen LogP contribution in [0, 0.1) is 0 Å². The van der Waals surface area contributed by atoms with E-state index in [4.69, 9.17) is 23.1 Å². The Labute approximate surface area is 338 Å². The van der Waals surface area contributed by atoms with Crippen LogP contribution >= 0.6 is 0 Å². The van der Waals surface area contributed by atoms with Gasteiger partial charge in [0, 0.05) is 19.4 Å². The average Bonchev–Trinajstić information content (AvgIpc) is 3.05. The number of hydrogen-bond acceptors (Lipinski definition) is 8. The van der Waals surface area contributed by atoms with Crippen LogP contribution in [0.1, 0.15) is 122 Å². The van der Waals surface area contributed by atoms with Crippen LogP contribution in [-0.4, -0.2) is 73.1 Å². The lowest BCUT2D eigenvalue weighted by atomic mass is 10.0.